The third-order valence-electron chi connectivity index (χ3n) is 7.09. The molecule has 0 spiro atoms. The van der Waals surface area contributed by atoms with Crippen molar-refractivity contribution in [2.45, 2.75) is 32.2 Å². The summed E-state index contributed by atoms with van der Waals surface area (Å²) in [6.07, 6.45) is 3.70. The molecule has 9 heteroatoms. The van der Waals surface area contributed by atoms with Gasteiger partial charge in [-0.15, -0.1) is 10.2 Å². The van der Waals surface area contributed by atoms with E-state index in [4.69, 9.17) is 4.74 Å². The van der Waals surface area contributed by atoms with E-state index in [0.717, 1.165) is 48.3 Å². The van der Waals surface area contributed by atoms with Crippen LogP contribution in [0.5, 0.6) is 5.75 Å². The minimum absolute atomic E-state index is 0.00526. The Balaban J connectivity index is 1.22. The average molecular weight is 476 g/mol. The van der Waals surface area contributed by atoms with E-state index in [-0.39, 0.29) is 5.91 Å². The fraction of sp³-hybridized carbons (Fsp3) is 0.462. The van der Waals surface area contributed by atoms with E-state index in [2.05, 4.69) is 44.2 Å². The Morgan fingerprint density at radius 1 is 0.971 bits per heavy atom. The molecule has 2 fully saturated rings. The molecule has 4 heterocycles. The smallest absolute Gasteiger partial charge is 0.272 e. The molecule has 1 unspecified atom stereocenters. The maximum atomic E-state index is 13.3. The Labute approximate surface area is 206 Å². The Bertz CT molecular complexity index is 1170. The second-order valence-electron chi connectivity index (χ2n) is 9.34. The highest BCUT2D eigenvalue weighted by Gasteiger charge is 2.26. The van der Waals surface area contributed by atoms with Crippen LogP contribution >= 0.6 is 0 Å². The van der Waals surface area contributed by atoms with Crippen LogP contribution in [0.15, 0.2) is 42.5 Å². The molecule has 0 saturated carbocycles. The lowest BCUT2D eigenvalue weighted by molar-refractivity contribution is 0.0735. The molecule has 2 aliphatic heterocycles. The van der Waals surface area contributed by atoms with Gasteiger partial charge < -0.3 is 19.4 Å². The van der Waals surface area contributed by atoms with Gasteiger partial charge in [0.15, 0.2) is 11.6 Å². The van der Waals surface area contributed by atoms with Gasteiger partial charge in [0.25, 0.3) is 5.91 Å². The molecule has 1 atom stereocenters. The molecule has 35 heavy (non-hydrogen) atoms. The Morgan fingerprint density at radius 3 is 2.46 bits per heavy atom. The summed E-state index contributed by atoms with van der Waals surface area (Å²) in [5.74, 6) is 2.58. The number of benzene rings is 1. The van der Waals surface area contributed by atoms with E-state index in [9.17, 15) is 4.79 Å². The molecule has 2 aliphatic rings. The van der Waals surface area contributed by atoms with Crippen LogP contribution in [0.3, 0.4) is 0 Å². The van der Waals surface area contributed by atoms with Crippen molar-refractivity contribution in [1.82, 2.24) is 24.9 Å². The van der Waals surface area contributed by atoms with Gasteiger partial charge in [-0.05, 0) is 56.5 Å². The van der Waals surface area contributed by atoms with Crippen molar-refractivity contribution >= 4 is 17.5 Å². The van der Waals surface area contributed by atoms with Crippen molar-refractivity contribution < 1.29 is 9.53 Å². The molecular weight excluding hydrogens is 442 g/mol. The number of hydrogen-bond acceptors (Lipinski definition) is 7. The third-order valence-corrected chi connectivity index (χ3v) is 7.09. The first-order valence-corrected chi connectivity index (χ1v) is 12.4. The molecule has 5 rings (SSSR count). The molecule has 0 N–H and O–H groups in total. The van der Waals surface area contributed by atoms with Crippen LogP contribution in [-0.4, -0.2) is 76.7 Å². The maximum absolute atomic E-state index is 13.3. The number of amides is 1. The zero-order valence-corrected chi connectivity index (χ0v) is 20.7. The van der Waals surface area contributed by atoms with Crippen LogP contribution in [0.1, 0.15) is 36.7 Å². The van der Waals surface area contributed by atoms with E-state index in [1.54, 1.807) is 11.8 Å². The number of piperazine rings is 1. The van der Waals surface area contributed by atoms with Crippen LogP contribution in [0.4, 0.5) is 11.6 Å². The second kappa shape index (κ2) is 9.93. The van der Waals surface area contributed by atoms with Gasteiger partial charge in [-0.25, -0.2) is 0 Å². The highest BCUT2D eigenvalue weighted by atomic mass is 16.5. The van der Waals surface area contributed by atoms with Gasteiger partial charge in [0.1, 0.15) is 11.4 Å². The number of aryl methyl sites for hydroxylation is 1. The summed E-state index contributed by atoms with van der Waals surface area (Å²) in [6, 6.07) is 14.2. The summed E-state index contributed by atoms with van der Waals surface area (Å²) >= 11 is 0. The number of nitrogens with zero attached hydrogens (tertiary/aromatic N) is 7. The van der Waals surface area contributed by atoms with E-state index in [1.165, 1.54) is 19.3 Å². The fourth-order valence-corrected chi connectivity index (χ4v) is 4.97. The van der Waals surface area contributed by atoms with Crippen molar-refractivity contribution in [3.8, 4) is 17.0 Å². The Kier molecular flexibility index (Phi) is 6.57. The lowest BCUT2D eigenvalue weighted by Gasteiger charge is -2.36. The number of methoxy groups -OCH3 is 1. The van der Waals surface area contributed by atoms with Crippen LogP contribution < -0.4 is 14.5 Å². The first kappa shape index (κ1) is 23.1. The predicted molar refractivity (Wildman–Crippen MR) is 136 cm³/mol. The molecule has 2 saturated heterocycles. The molecule has 2 aromatic heterocycles. The van der Waals surface area contributed by atoms with Crippen LogP contribution in [0.25, 0.3) is 11.3 Å². The van der Waals surface area contributed by atoms with Crippen molar-refractivity contribution in [3.05, 3.63) is 48.2 Å². The first-order chi connectivity index (χ1) is 17.0. The van der Waals surface area contributed by atoms with Crippen LogP contribution in [0.2, 0.25) is 0 Å². The van der Waals surface area contributed by atoms with Gasteiger partial charge in [0, 0.05) is 51.4 Å². The number of rotatable bonds is 5. The topological polar surface area (TPSA) is 79.6 Å². The fourth-order valence-electron chi connectivity index (χ4n) is 4.97. The van der Waals surface area contributed by atoms with Gasteiger partial charge in [0.05, 0.1) is 12.8 Å². The normalized spacial score (nSPS) is 18.6. The van der Waals surface area contributed by atoms with Crippen molar-refractivity contribution in [3.63, 3.8) is 0 Å². The largest absolute Gasteiger partial charge is 0.497 e. The standard InChI is InChI=1S/C26H33N7O2/c1-19-7-4-5-12-33(19)25-11-10-24(27-28-25)31-13-15-32(16-14-31)26(34)23-18-22(29-30(23)2)20-8-6-9-21(17-20)35-3/h6,8-11,17-19H,4-5,7,12-16H2,1-3H3. The number of piperidine rings is 1. The number of hydrogen-bond donors (Lipinski definition) is 0. The van der Waals surface area contributed by atoms with E-state index in [1.807, 2.05) is 42.3 Å². The molecule has 0 bridgehead atoms. The van der Waals surface area contributed by atoms with Crippen molar-refractivity contribution in [2.24, 2.45) is 7.05 Å². The van der Waals surface area contributed by atoms with Gasteiger partial charge in [-0.1, -0.05) is 12.1 Å². The number of carbonyl (C=O) groups excluding carboxylic acids is 1. The maximum Gasteiger partial charge on any atom is 0.272 e. The van der Waals surface area contributed by atoms with Crippen molar-refractivity contribution in [1.29, 1.82) is 0 Å². The zero-order valence-electron chi connectivity index (χ0n) is 20.7. The van der Waals surface area contributed by atoms with E-state index >= 15 is 0 Å². The molecule has 3 aromatic rings. The minimum atomic E-state index is -0.00526. The molecule has 9 nitrogen and oxygen atoms in total. The predicted octanol–water partition coefficient (Wildman–Crippen LogP) is 3.23. The number of carbonyl (C=O) groups is 1. The molecular formula is C26H33N7O2. The summed E-state index contributed by atoms with van der Waals surface area (Å²) in [7, 11) is 3.45. The number of anilines is 2. The van der Waals surface area contributed by atoms with Gasteiger partial charge in [-0.3, -0.25) is 9.48 Å². The summed E-state index contributed by atoms with van der Waals surface area (Å²) in [6.45, 7) is 6.01. The SMILES string of the molecule is COc1cccc(-c2cc(C(=O)N3CCN(c4ccc(N5CCCCC5C)nn4)CC3)n(C)n2)c1. The summed E-state index contributed by atoms with van der Waals surface area (Å²) in [5.41, 5.74) is 2.26. The lowest BCUT2D eigenvalue weighted by atomic mass is 10.0. The summed E-state index contributed by atoms with van der Waals surface area (Å²) < 4.78 is 6.98. The minimum Gasteiger partial charge on any atom is -0.497 e. The van der Waals surface area contributed by atoms with Gasteiger partial charge in [0.2, 0.25) is 0 Å². The highest BCUT2D eigenvalue weighted by Crippen LogP contribution is 2.25. The molecule has 1 amide bonds. The molecule has 1 aromatic carbocycles. The molecule has 0 radical (unpaired) electrons. The first-order valence-electron chi connectivity index (χ1n) is 12.4. The molecule has 184 valence electrons. The van der Waals surface area contributed by atoms with Gasteiger partial charge >= 0.3 is 0 Å². The summed E-state index contributed by atoms with van der Waals surface area (Å²) in [5, 5.41) is 13.6. The van der Waals surface area contributed by atoms with E-state index in [0.29, 0.717) is 24.8 Å². The van der Waals surface area contributed by atoms with Gasteiger partial charge in [-0.2, -0.15) is 5.10 Å². The zero-order chi connectivity index (χ0) is 24.4. The monoisotopic (exact) mass is 475 g/mol. The van der Waals surface area contributed by atoms with Crippen molar-refractivity contribution in [2.75, 3.05) is 49.6 Å². The number of aromatic nitrogens is 4. The van der Waals surface area contributed by atoms with E-state index < -0.39 is 0 Å². The Morgan fingerprint density at radius 2 is 1.74 bits per heavy atom. The number of ether oxygens (including phenoxy) is 1. The third kappa shape index (κ3) is 4.80. The van der Waals surface area contributed by atoms with Crippen LogP contribution in [0, 0.1) is 0 Å². The highest BCUT2D eigenvalue weighted by molar-refractivity contribution is 5.94. The quantitative estimate of drug-likeness (QED) is 0.561. The average Bonchev–Trinajstić information content (AvgIpc) is 3.30. The second-order valence-corrected chi connectivity index (χ2v) is 9.34. The van der Waals surface area contributed by atoms with Crippen LogP contribution in [-0.2, 0) is 7.05 Å². The summed E-state index contributed by atoms with van der Waals surface area (Å²) in [4.78, 5) is 19.7. The Hall–Kier alpha value is -3.62. The lowest BCUT2D eigenvalue weighted by Crippen LogP contribution is -2.49. The molecule has 0 aliphatic carbocycles.